The maximum absolute atomic E-state index is 6.42. The molecule has 2 aromatic rings. The highest BCUT2D eigenvalue weighted by Gasteiger charge is 2.16. The van der Waals surface area contributed by atoms with Crippen LogP contribution in [-0.4, -0.2) is 11.8 Å². The normalized spacial score (nSPS) is 11.2. The lowest BCUT2D eigenvalue weighted by Gasteiger charge is -2.21. The zero-order valence-electron chi connectivity index (χ0n) is 19.4. The number of halogens is 2. The molecule has 0 radical (unpaired) electrons. The fraction of sp³-hybridized carbons (Fsp3) is 0.556. The van der Waals surface area contributed by atoms with E-state index in [9.17, 15) is 0 Å². The molecule has 31 heavy (non-hydrogen) atoms. The van der Waals surface area contributed by atoms with Gasteiger partial charge in [-0.3, -0.25) is 0 Å². The molecule has 0 saturated heterocycles. The van der Waals surface area contributed by atoms with Gasteiger partial charge in [-0.25, -0.2) is 0 Å². The largest absolute Gasteiger partial charge is 0.398 e. The van der Waals surface area contributed by atoms with E-state index in [1.165, 1.54) is 59.1 Å². The molecule has 2 aromatic carbocycles. The number of anilines is 2. The molecule has 0 aliphatic heterocycles. The highest BCUT2D eigenvalue weighted by molar-refractivity contribution is 6.18. The van der Waals surface area contributed by atoms with Crippen molar-refractivity contribution >= 4 is 34.6 Å². The van der Waals surface area contributed by atoms with E-state index in [0.29, 0.717) is 11.8 Å². The molecule has 0 fully saturated rings. The van der Waals surface area contributed by atoms with Crippen LogP contribution >= 0.6 is 23.2 Å². The second-order valence-corrected chi connectivity index (χ2v) is 9.27. The standard InChI is InChI=1S/C27H40Cl2N2/c1-3-5-9-22-20(13-15-26(30)24(22)11-7-17-28)19-21-14-16-27(31)25(12-8-18-29)23(21)10-6-4-2/h13-16H,3-12,17-19,30-31H2,1-2H3. The van der Waals surface area contributed by atoms with Crippen molar-refractivity contribution in [3.63, 3.8) is 0 Å². The Morgan fingerprint density at radius 3 is 1.32 bits per heavy atom. The quantitative estimate of drug-likeness (QED) is 0.226. The van der Waals surface area contributed by atoms with Crippen molar-refractivity contribution in [2.45, 2.75) is 84.5 Å². The monoisotopic (exact) mass is 462 g/mol. The molecule has 0 unspecified atom stereocenters. The van der Waals surface area contributed by atoms with E-state index in [-0.39, 0.29) is 0 Å². The molecule has 0 aliphatic rings. The Bertz CT molecular complexity index is 750. The molecule has 0 spiro atoms. The number of unbranched alkanes of at least 4 members (excludes halogenated alkanes) is 2. The van der Waals surface area contributed by atoms with Crippen LogP contribution in [0.15, 0.2) is 24.3 Å². The van der Waals surface area contributed by atoms with Gasteiger partial charge in [0.1, 0.15) is 0 Å². The summed E-state index contributed by atoms with van der Waals surface area (Å²) in [5.41, 5.74) is 22.9. The first kappa shape index (κ1) is 25.9. The first-order valence-electron chi connectivity index (χ1n) is 12.0. The molecule has 2 rings (SSSR count). The van der Waals surface area contributed by atoms with E-state index >= 15 is 0 Å². The van der Waals surface area contributed by atoms with Crippen LogP contribution < -0.4 is 11.5 Å². The van der Waals surface area contributed by atoms with Crippen molar-refractivity contribution in [3.8, 4) is 0 Å². The number of benzene rings is 2. The van der Waals surface area contributed by atoms with Gasteiger partial charge in [-0.05, 0) is 103 Å². The lowest BCUT2D eigenvalue weighted by molar-refractivity contribution is 0.766. The molecule has 0 aromatic heterocycles. The van der Waals surface area contributed by atoms with Gasteiger partial charge in [0.05, 0.1) is 0 Å². The van der Waals surface area contributed by atoms with Crippen molar-refractivity contribution in [2.75, 3.05) is 23.2 Å². The van der Waals surface area contributed by atoms with Crippen LogP contribution in [0.5, 0.6) is 0 Å². The lowest BCUT2D eigenvalue weighted by Crippen LogP contribution is -2.09. The maximum atomic E-state index is 6.42. The van der Waals surface area contributed by atoms with Gasteiger partial charge in [-0.1, -0.05) is 38.8 Å². The third kappa shape index (κ3) is 7.32. The van der Waals surface area contributed by atoms with Crippen LogP contribution in [0.25, 0.3) is 0 Å². The minimum absolute atomic E-state index is 0.667. The number of hydrogen-bond donors (Lipinski definition) is 2. The third-order valence-electron chi connectivity index (χ3n) is 6.19. The number of alkyl halides is 2. The van der Waals surface area contributed by atoms with Crippen LogP contribution in [0.4, 0.5) is 11.4 Å². The van der Waals surface area contributed by atoms with E-state index in [1.54, 1.807) is 0 Å². The number of rotatable bonds is 14. The predicted octanol–water partition coefficient (Wildman–Crippen LogP) is 7.47. The molecular weight excluding hydrogens is 423 g/mol. The first-order valence-corrected chi connectivity index (χ1v) is 13.0. The average Bonchev–Trinajstić information content (AvgIpc) is 2.77. The highest BCUT2D eigenvalue weighted by atomic mass is 35.5. The van der Waals surface area contributed by atoms with E-state index < -0.39 is 0 Å². The molecule has 0 heterocycles. The SMILES string of the molecule is CCCCc1c(Cc2ccc(N)c(CCCCl)c2CCCC)ccc(N)c1CCCCl. The Hall–Kier alpha value is -1.38. The molecule has 0 amide bonds. The maximum Gasteiger partial charge on any atom is 0.0349 e. The van der Waals surface area contributed by atoms with E-state index in [1.807, 2.05) is 0 Å². The summed E-state index contributed by atoms with van der Waals surface area (Å²) in [6, 6.07) is 8.66. The molecule has 4 heteroatoms. The van der Waals surface area contributed by atoms with Crippen LogP contribution in [0, 0.1) is 0 Å². The summed E-state index contributed by atoms with van der Waals surface area (Å²) in [5.74, 6) is 1.33. The van der Waals surface area contributed by atoms with E-state index in [4.69, 9.17) is 34.7 Å². The molecule has 2 nitrogen and oxygen atoms in total. The van der Waals surface area contributed by atoms with Gasteiger partial charge in [-0.15, -0.1) is 23.2 Å². The second-order valence-electron chi connectivity index (χ2n) is 8.51. The van der Waals surface area contributed by atoms with Gasteiger partial charge in [0.25, 0.3) is 0 Å². The molecule has 0 atom stereocenters. The van der Waals surface area contributed by atoms with Crippen molar-refractivity contribution in [3.05, 3.63) is 57.6 Å². The number of nitrogens with two attached hydrogens (primary N) is 2. The van der Waals surface area contributed by atoms with Gasteiger partial charge >= 0.3 is 0 Å². The number of nitrogen functional groups attached to an aromatic ring is 2. The average molecular weight is 464 g/mol. The zero-order valence-corrected chi connectivity index (χ0v) is 20.9. The number of hydrogen-bond acceptors (Lipinski definition) is 2. The summed E-state index contributed by atoms with van der Waals surface area (Å²) in [6.45, 7) is 4.49. The molecule has 172 valence electrons. The minimum atomic E-state index is 0.667. The Labute approximate surface area is 199 Å². The molecule has 0 saturated carbocycles. The zero-order chi connectivity index (χ0) is 22.6. The minimum Gasteiger partial charge on any atom is -0.398 e. The van der Waals surface area contributed by atoms with Crippen LogP contribution in [0.3, 0.4) is 0 Å². The second kappa shape index (κ2) is 13.9. The van der Waals surface area contributed by atoms with Crippen molar-refractivity contribution in [1.29, 1.82) is 0 Å². The Morgan fingerprint density at radius 2 is 0.968 bits per heavy atom. The van der Waals surface area contributed by atoms with Gasteiger partial charge in [0.2, 0.25) is 0 Å². The van der Waals surface area contributed by atoms with Crippen LogP contribution in [-0.2, 0) is 32.1 Å². The van der Waals surface area contributed by atoms with E-state index in [2.05, 4.69) is 38.1 Å². The fourth-order valence-electron chi connectivity index (χ4n) is 4.46. The predicted molar refractivity (Wildman–Crippen MR) is 140 cm³/mol. The Balaban J connectivity index is 2.50. The summed E-state index contributed by atoms with van der Waals surface area (Å²) in [7, 11) is 0. The summed E-state index contributed by atoms with van der Waals surface area (Å²) in [4.78, 5) is 0. The van der Waals surface area contributed by atoms with Gasteiger partial charge in [-0.2, -0.15) is 0 Å². The molecule has 4 N–H and O–H groups in total. The smallest absolute Gasteiger partial charge is 0.0349 e. The molecule has 0 bridgehead atoms. The summed E-state index contributed by atoms with van der Waals surface area (Å²) in [5, 5.41) is 0. The van der Waals surface area contributed by atoms with Crippen molar-refractivity contribution in [1.82, 2.24) is 0 Å². The third-order valence-corrected chi connectivity index (χ3v) is 6.73. The van der Waals surface area contributed by atoms with Crippen LogP contribution in [0.2, 0.25) is 0 Å². The van der Waals surface area contributed by atoms with Crippen LogP contribution in [0.1, 0.15) is 85.8 Å². The lowest BCUT2D eigenvalue weighted by atomic mass is 9.85. The highest BCUT2D eigenvalue weighted by Crippen LogP contribution is 2.31. The van der Waals surface area contributed by atoms with Gasteiger partial charge < -0.3 is 11.5 Å². The van der Waals surface area contributed by atoms with E-state index in [0.717, 1.165) is 56.3 Å². The summed E-state index contributed by atoms with van der Waals surface area (Å²) < 4.78 is 0. The van der Waals surface area contributed by atoms with Crippen molar-refractivity contribution < 1.29 is 0 Å². The van der Waals surface area contributed by atoms with Gasteiger partial charge in [0.15, 0.2) is 0 Å². The Kier molecular flexibility index (Phi) is 11.6. The Morgan fingerprint density at radius 1 is 0.581 bits per heavy atom. The summed E-state index contributed by atoms with van der Waals surface area (Å²) in [6.07, 6.45) is 11.6. The molecular formula is C27H40Cl2N2. The fourth-order valence-corrected chi connectivity index (χ4v) is 4.73. The van der Waals surface area contributed by atoms with Crippen molar-refractivity contribution in [2.24, 2.45) is 0 Å². The topological polar surface area (TPSA) is 52.0 Å². The summed E-state index contributed by atoms with van der Waals surface area (Å²) >= 11 is 12.0. The molecule has 0 aliphatic carbocycles. The van der Waals surface area contributed by atoms with Gasteiger partial charge in [0, 0.05) is 23.1 Å². The first-order chi connectivity index (χ1) is 15.1.